The van der Waals surface area contributed by atoms with E-state index in [1.165, 1.54) is 12.8 Å². The maximum atomic E-state index is 13.7. The number of piperidine rings is 1. The highest BCUT2D eigenvalue weighted by Gasteiger charge is 2.23. The molecule has 0 N–H and O–H groups in total. The maximum Gasteiger partial charge on any atom is 0.262 e. The van der Waals surface area contributed by atoms with E-state index in [1.54, 1.807) is 23.9 Å². The van der Waals surface area contributed by atoms with Gasteiger partial charge in [0.15, 0.2) is 5.16 Å². The van der Waals surface area contributed by atoms with Crippen molar-refractivity contribution in [1.29, 1.82) is 0 Å². The molecule has 1 amide bonds. The Hall–Kier alpha value is -2.31. The third-order valence-electron chi connectivity index (χ3n) is 6.96. The number of hydrogen-bond acceptors (Lipinski definition) is 4. The van der Waals surface area contributed by atoms with Gasteiger partial charge in [-0.05, 0) is 68.0 Å². The van der Waals surface area contributed by atoms with Crippen molar-refractivity contribution in [3.8, 4) is 0 Å². The summed E-state index contributed by atoms with van der Waals surface area (Å²) in [4.78, 5) is 33.6. The summed E-state index contributed by atoms with van der Waals surface area (Å²) in [6, 6.07) is 13.4. The Kier molecular flexibility index (Phi) is 7.26. The summed E-state index contributed by atoms with van der Waals surface area (Å²) in [5, 5.41) is 2.02. The summed E-state index contributed by atoms with van der Waals surface area (Å²) in [6.07, 6.45) is 8.78. The summed E-state index contributed by atoms with van der Waals surface area (Å²) in [5.74, 6) is 0.713. The van der Waals surface area contributed by atoms with Gasteiger partial charge in [0.2, 0.25) is 0 Å². The Balaban J connectivity index is 1.53. The summed E-state index contributed by atoms with van der Waals surface area (Å²) < 4.78 is 1.92. The number of halogens is 1. The van der Waals surface area contributed by atoms with Gasteiger partial charge in [-0.25, -0.2) is 4.98 Å². The number of carbonyl (C=O) groups excluding carboxylic acids is 1. The number of aromatic nitrogens is 2. The molecule has 2 heterocycles. The minimum absolute atomic E-state index is 0.00228. The molecule has 0 spiro atoms. The largest absolute Gasteiger partial charge is 0.339 e. The van der Waals surface area contributed by atoms with Crippen LogP contribution in [0.4, 0.5) is 0 Å². The zero-order valence-corrected chi connectivity index (χ0v) is 20.9. The van der Waals surface area contributed by atoms with Crippen molar-refractivity contribution < 1.29 is 4.79 Å². The van der Waals surface area contributed by atoms with Crippen molar-refractivity contribution >= 4 is 40.2 Å². The summed E-state index contributed by atoms with van der Waals surface area (Å²) >= 11 is 7.75. The molecule has 1 aromatic heterocycles. The second-order valence-corrected chi connectivity index (χ2v) is 10.7. The summed E-state index contributed by atoms with van der Waals surface area (Å²) in [6.45, 7) is 1.60. The van der Waals surface area contributed by atoms with Crippen LogP contribution >= 0.6 is 23.4 Å². The molecule has 3 aromatic rings. The Morgan fingerprint density at radius 2 is 1.76 bits per heavy atom. The first kappa shape index (κ1) is 23.4. The van der Waals surface area contributed by atoms with Gasteiger partial charge in [-0.15, -0.1) is 0 Å². The maximum absolute atomic E-state index is 13.7. The van der Waals surface area contributed by atoms with Crippen LogP contribution < -0.4 is 5.56 Å². The first-order valence-electron chi connectivity index (χ1n) is 12.3. The van der Waals surface area contributed by atoms with E-state index in [-0.39, 0.29) is 17.5 Å². The second-order valence-electron chi connectivity index (χ2n) is 9.36. The van der Waals surface area contributed by atoms with Crippen LogP contribution in [0.25, 0.3) is 10.9 Å². The minimum atomic E-state index is 0.00228. The molecule has 1 saturated carbocycles. The van der Waals surface area contributed by atoms with Crippen LogP contribution in [-0.2, 0) is 5.75 Å². The van der Waals surface area contributed by atoms with E-state index in [9.17, 15) is 9.59 Å². The molecule has 0 bridgehead atoms. The Morgan fingerprint density at radius 3 is 2.53 bits per heavy atom. The number of benzene rings is 2. The van der Waals surface area contributed by atoms with E-state index >= 15 is 0 Å². The Labute approximate surface area is 209 Å². The smallest absolute Gasteiger partial charge is 0.262 e. The highest BCUT2D eigenvalue weighted by atomic mass is 35.5. The quantitative estimate of drug-likeness (QED) is 0.300. The number of hydrogen-bond donors (Lipinski definition) is 0. The predicted octanol–water partition coefficient (Wildman–Crippen LogP) is 6.47. The van der Waals surface area contributed by atoms with Crippen LogP contribution in [0.1, 0.15) is 73.3 Å². The molecule has 1 aliphatic carbocycles. The zero-order chi connectivity index (χ0) is 23.5. The molecule has 0 atom stereocenters. The molecule has 1 saturated heterocycles. The molecule has 0 radical (unpaired) electrons. The first-order valence-corrected chi connectivity index (χ1v) is 13.7. The molecular weight excluding hydrogens is 466 g/mol. The highest BCUT2D eigenvalue weighted by Crippen LogP contribution is 2.32. The zero-order valence-electron chi connectivity index (χ0n) is 19.3. The lowest BCUT2D eigenvalue weighted by atomic mass is 9.95. The SMILES string of the molecule is O=C(c1ccc2c(=O)n(C3CCCCC3)c(SCc3cccc(Cl)c3)nc2c1)N1CCCCC1. The fourth-order valence-corrected chi connectivity index (χ4v) is 6.35. The second kappa shape index (κ2) is 10.5. The van der Waals surface area contributed by atoms with E-state index in [2.05, 4.69) is 0 Å². The third kappa shape index (κ3) is 5.03. The van der Waals surface area contributed by atoms with Crippen LogP contribution in [0.5, 0.6) is 0 Å². The van der Waals surface area contributed by atoms with E-state index in [4.69, 9.17) is 16.6 Å². The fraction of sp³-hybridized carbons (Fsp3) is 0.444. The van der Waals surface area contributed by atoms with Crippen molar-refractivity contribution in [2.75, 3.05) is 13.1 Å². The van der Waals surface area contributed by atoms with Gasteiger partial charge in [0.05, 0.1) is 10.9 Å². The molecule has 34 heavy (non-hydrogen) atoms. The van der Waals surface area contributed by atoms with Gasteiger partial charge in [-0.1, -0.05) is 54.8 Å². The summed E-state index contributed by atoms with van der Waals surface area (Å²) in [5.41, 5.74) is 2.31. The van der Waals surface area contributed by atoms with Crippen LogP contribution in [0, 0.1) is 0 Å². The number of fused-ring (bicyclic) bond motifs is 1. The number of likely N-dealkylation sites (tertiary alicyclic amines) is 1. The molecule has 5 nitrogen and oxygen atoms in total. The van der Waals surface area contributed by atoms with Crippen molar-refractivity contribution in [3.05, 3.63) is 69.0 Å². The van der Waals surface area contributed by atoms with E-state index < -0.39 is 0 Å². The first-order chi connectivity index (χ1) is 16.6. The number of nitrogens with zero attached hydrogens (tertiary/aromatic N) is 3. The lowest BCUT2D eigenvalue weighted by Gasteiger charge is -2.27. The molecule has 5 rings (SSSR count). The van der Waals surface area contributed by atoms with E-state index in [1.807, 2.05) is 39.8 Å². The number of rotatable bonds is 5. The van der Waals surface area contributed by atoms with Crippen molar-refractivity contribution in [2.45, 2.75) is 68.3 Å². The molecule has 0 unspecified atom stereocenters. The van der Waals surface area contributed by atoms with Gasteiger partial charge in [0, 0.05) is 35.5 Å². The predicted molar refractivity (Wildman–Crippen MR) is 139 cm³/mol. The number of carbonyl (C=O) groups is 1. The molecule has 2 aliphatic rings. The van der Waals surface area contributed by atoms with E-state index in [0.29, 0.717) is 27.2 Å². The Morgan fingerprint density at radius 1 is 1.00 bits per heavy atom. The molecule has 2 fully saturated rings. The fourth-order valence-electron chi connectivity index (χ4n) is 5.13. The van der Waals surface area contributed by atoms with Crippen LogP contribution in [0.2, 0.25) is 5.02 Å². The minimum Gasteiger partial charge on any atom is -0.339 e. The van der Waals surface area contributed by atoms with Gasteiger partial charge in [0.1, 0.15) is 0 Å². The van der Waals surface area contributed by atoms with Crippen molar-refractivity contribution in [1.82, 2.24) is 14.5 Å². The highest BCUT2D eigenvalue weighted by molar-refractivity contribution is 7.98. The van der Waals surface area contributed by atoms with Crippen molar-refractivity contribution in [2.24, 2.45) is 0 Å². The topological polar surface area (TPSA) is 55.2 Å². The van der Waals surface area contributed by atoms with Crippen LogP contribution in [0.15, 0.2) is 52.4 Å². The molecule has 2 aromatic carbocycles. The van der Waals surface area contributed by atoms with Crippen molar-refractivity contribution in [3.63, 3.8) is 0 Å². The lowest BCUT2D eigenvalue weighted by Crippen LogP contribution is -2.35. The number of amides is 1. The lowest BCUT2D eigenvalue weighted by molar-refractivity contribution is 0.0724. The Bertz CT molecular complexity index is 1250. The third-order valence-corrected chi connectivity index (χ3v) is 8.22. The number of thioether (sulfide) groups is 1. The molecule has 178 valence electrons. The molecule has 7 heteroatoms. The average molecular weight is 496 g/mol. The monoisotopic (exact) mass is 495 g/mol. The van der Waals surface area contributed by atoms with Gasteiger partial charge < -0.3 is 4.90 Å². The van der Waals surface area contributed by atoms with Gasteiger partial charge in [0.25, 0.3) is 11.5 Å². The standard InChI is InChI=1S/C27H30ClN3O2S/c28-21-9-7-8-19(16-21)18-34-27-29-24-17-20(25(32)30-14-5-2-6-15-30)12-13-23(24)26(33)31(27)22-10-3-1-4-11-22/h7-9,12-13,16-17,22H,1-6,10-11,14-15,18H2. The summed E-state index contributed by atoms with van der Waals surface area (Å²) in [7, 11) is 0. The van der Waals surface area contributed by atoms with Crippen LogP contribution in [0.3, 0.4) is 0 Å². The molecule has 1 aliphatic heterocycles. The van der Waals surface area contributed by atoms with Gasteiger partial charge >= 0.3 is 0 Å². The van der Waals surface area contributed by atoms with Gasteiger partial charge in [-0.2, -0.15) is 0 Å². The van der Waals surface area contributed by atoms with Gasteiger partial charge in [-0.3, -0.25) is 14.2 Å². The van der Waals surface area contributed by atoms with Crippen LogP contribution in [-0.4, -0.2) is 33.4 Å². The average Bonchev–Trinajstić information content (AvgIpc) is 2.88. The normalized spacial score (nSPS) is 17.3. The van der Waals surface area contributed by atoms with E-state index in [0.717, 1.165) is 62.3 Å². The molecular formula is C27H30ClN3O2S.